The maximum atomic E-state index is 12.8. The van der Waals surface area contributed by atoms with Crippen LogP contribution in [0.2, 0.25) is 0 Å². The van der Waals surface area contributed by atoms with Gasteiger partial charge in [-0.1, -0.05) is 13.3 Å². The SMILES string of the molecule is CCCC1(C(=O)NC2(CC(=O)O)CCC2)CCCNC1. The molecule has 5 heteroatoms. The molecule has 0 aromatic carbocycles. The Kier molecular flexibility index (Phi) is 4.68. The normalized spacial score (nSPS) is 28.4. The Labute approximate surface area is 120 Å². The molecule has 1 aliphatic heterocycles. The van der Waals surface area contributed by atoms with Crippen molar-refractivity contribution in [3.8, 4) is 0 Å². The summed E-state index contributed by atoms with van der Waals surface area (Å²) >= 11 is 0. The minimum absolute atomic E-state index is 0.0500. The molecule has 1 amide bonds. The first-order chi connectivity index (χ1) is 9.52. The van der Waals surface area contributed by atoms with E-state index in [0.717, 1.165) is 58.0 Å². The molecule has 1 heterocycles. The van der Waals surface area contributed by atoms with E-state index in [0.29, 0.717) is 0 Å². The molecule has 0 aromatic heterocycles. The summed E-state index contributed by atoms with van der Waals surface area (Å²) in [6.07, 6.45) is 6.40. The Morgan fingerprint density at radius 3 is 2.45 bits per heavy atom. The number of hydrogen-bond donors (Lipinski definition) is 3. The quantitative estimate of drug-likeness (QED) is 0.692. The summed E-state index contributed by atoms with van der Waals surface area (Å²) in [4.78, 5) is 23.8. The zero-order valence-corrected chi connectivity index (χ0v) is 12.3. The van der Waals surface area contributed by atoms with Gasteiger partial charge in [-0.2, -0.15) is 0 Å². The molecule has 114 valence electrons. The number of carboxylic acids is 1. The van der Waals surface area contributed by atoms with Crippen molar-refractivity contribution in [2.24, 2.45) is 5.41 Å². The summed E-state index contributed by atoms with van der Waals surface area (Å²) in [6, 6.07) is 0. The monoisotopic (exact) mass is 282 g/mol. The number of carbonyl (C=O) groups is 2. The van der Waals surface area contributed by atoms with Crippen LogP contribution >= 0.6 is 0 Å². The van der Waals surface area contributed by atoms with E-state index in [9.17, 15) is 9.59 Å². The second-order valence-electron chi connectivity index (χ2n) is 6.47. The van der Waals surface area contributed by atoms with Crippen molar-refractivity contribution < 1.29 is 14.7 Å². The number of amides is 1. The van der Waals surface area contributed by atoms with E-state index < -0.39 is 11.5 Å². The molecule has 3 N–H and O–H groups in total. The Bertz CT molecular complexity index is 366. The maximum absolute atomic E-state index is 12.8. The van der Waals surface area contributed by atoms with Crippen LogP contribution < -0.4 is 10.6 Å². The fraction of sp³-hybridized carbons (Fsp3) is 0.867. The van der Waals surface area contributed by atoms with Gasteiger partial charge in [-0.25, -0.2) is 0 Å². The first-order valence-electron chi connectivity index (χ1n) is 7.77. The van der Waals surface area contributed by atoms with Crippen LogP contribution in [0.15, 0.2) is 0 Å². The molecule has 0 spiro atoms. The molecule has 1 atom stereocenters. The van der Waals surface area contributed by atoms with Gasteiger partial charge in [0.2, 0.25) is 5.91 Å². The highest BCUT2D eigenvalue weighted by Crippen LogP contribution is 2.38. The number of carboxylic acid groups (broad SMARTS) is 1. The summed E-state index contributed by atoms with van der Waals surface area (Å²) in [7, 11) is 0. The molecule has 5 nitrogen and oxygen atoms in total. The number of aliphatic carboxylic acids is 1. The number of piperidine rings is 1. The van der Waals surface area contributed by atoms with Crippen LogP contribution in [0.25, 0.3) is 0 Å². The zero-order chi connectivity index (χ0) is 14.6. The third kappa shape index (κ3) is 3.14. The molecule has 0 bridgehead atoms. The second-order valence-corrected chi connectivity index (χ2v) is 6.47. The van der Waals surface area contributed by atoms with Crippen LogP contribution in [0.3, 0.4) is 0 Å². The molecule has 2 aliphatic rings. The van der Waals surface area contributed by atoms with Gasteiger partial charge >= 0.3 is 5.97 Å². The minimum Gasteiger partial charge on any atom is -0.481 e. The lowest BCUT2D eigenvalue weighted by molar-refractivity contribution is -0.142. The molecule has 1 saturated heterocycles. The molecule has 20 heavy (non-hydrogen) atoms. The largest absolute Gasteiger partial charge is 0.481 e. The van der Waals surface area contributed by atoms with Crippen LogP contribution in [0, 0.1) is 5.41 Å². The van der Waals surface area contributed by atoms with E-state index in [4.69, 9.17) is 5.11 Å². The predicted octanol–water partition coefficient (Wildman–Crippen LogP) is 1.67. The van der Waals surface area contributed by atoms with E-state index in [-0.39, 0.29) is 17.7 Å². The van der Waals surface area contributed by atoms with Gasteiger partial charge in [0.05, 0.1) is 17.4 Å². The fourth-order valence-electron chi connectivity index (χ4n) is 3.58. The molecule has 1 aliphatic carbocycles. The number of hydrogen-bond acceptors (Lipinski definition) is 3. The average molecular weight is 282 g/mol. The Balaban J connectivity index is 2.05. The van der Waals surface area contributed by atoms with Gasteiger partial charge in [-0.05, 0) is 45.1 Å². The van der Waals surface area contributed by atoms with Gasteiger partial charge in [-0.3, -0.25) is 9.59 Å². The van der Waals surface area contributed by atoms with E-state index in [2.05, 4.69) is 17.6 Å². The zero-order valence-electron chi connectivity index (χ0n) is 12.3. The highest BCUT2D eigenvalue weighted by molar-refractivity contribution is 5.84. The number of rotatable bonds is 6. The topological polar surface area (TPSA) is 78.4 Å². The van der Waals surface area contributed by atoms with Crippen LogP contribution in [0.4, 0.5) is 0 Å². The third-order valence-electron chi connectivity index (χ3n) is 4.86. The number of carbonyl (C=O) groups excluding carboxylic acids is 1. The molecule has 0 aromatic rings. The molecule has 2 rings (SSSR count). The Hall–Kier alpha value is -1.10. The van der Waals surface area contributed by atoms with Crippen LogP contribution in [0.5, 0.6) is 0 Å². The van der Waals surface area contributed by atoms with Gasteiger partial charge in [0, 0.05) is 6.54 Å². The highest BCUT2D eigenvalue weighted by atomic mass is 16.4. The standard InChI is InChI=1S/C15H26N2O3/c1-2-5-14(6-4-9-16-11-14)13(20)17-15(7-3-8-15)10-12(18)19/h16H,2-11H2,1H3,(H,17,20)(H,18,19). The number of nitrogens with one attached hydrogen (secondary N) is 2. The first-order valence-corrected chi connectivity index (χ1v) is 7.77. The van der Waals surface area contributed by atoms with E-state index in [1.807, 2.05) is 0 Å². The van der Waals surface area contributed by atoms with Crippen molar-refractivity contribution in [3.63, 3.8) is 0 Å². The van der Waals surface area contributed by atoms with Crippen LogP contribution in [0.1, 0.15) is 58.3 Å². The summed E-state index contributed by atoms with van der Waals surface area (Å²) < 4.78 is 0. The van der Waals surface area contributed by atoms with Crippen molar-refractivity contribution in [2.75, 3.05) is 13.1 Å². The Morgan fingerprint density at radius 2 is 2.00 bits per heavy atom. The van der Waals surface area contributed by atoms with E-state index in [1.165, 1.54) is 0 Å². The summed E-state index contributed by atoms with van der Waals surface area (Å²) in [5.41, 5.74) is -0.824. The highest BCUT2D eigenvalue weighted by Gasteiger charge is 2.46. The van der Waals surface area contributed by atoms with E-state index >= 15 is 0 Å². The van der Waals surface area contributed by atoms with Crippen molar-refractivity contribution >= 4 is 11.9 Å². The van der Waals surface area contributed by atoms with Crippen LogP contribution in [-0.4, -0.2) is 35.6 Å². The third-order valence-corrected chi connectivity index (χ3v) is 4.86. The van der Waals surface area contributed by atoms with Crippen molar-refractivity contribution in [1.29, 1.82) is 0 Å². The lowest BCUT2D eigenvalue weighted by Crippen LogP contribution is -2.60. The van der Waals surface area contributed by atoms with Crippen molar-refractivity contribution in [2.45, 2.75) is 63.8 Å². The van der Waals surface area contributed by atoms with E-state index in [1.54, 1.807) is 0 Å². The summed E-state index contributed by atoms with van der Waals surface area (Å²) in [6.45, 7) is 3.79. The first kappa shape index (κ1) is 15.3. The molecule has 2 fully saturated rings. The molecular weight excluding hydrogens is 256 g/mol. The smallest absolute Gasteiger partial charge is 0.305 e. The van der Waals surface area contributed by atoms with Gasteiger partial charge in [0.25, 0.3) is 0 Å². The van der Waals surface area contributed by atoms with Gasteiger partial charge in [-0.15, -0.1) is 0 Å². The minimum atomic E-state index is -0.823. The molecule has 1 unspecified atom stereocenters. The van der Waals surface area contributed by atoms with Gasteiger partial charge in [0.1, 0.15) is 0 Å². The lowest BCUT2D eigenvalue weighted by Gasteiger charge is -2.45. The maximum Gasteiger partial charge on any atom is 0.305 e. The lowest BCUT2D eigenvalue weighted by atomic mass is 9.71. The molecular formula is C15H26N2O3. The predicted molar refractivity (Wildman–Crippen MR) is 76.4 cm³/mol. The average Bonchev–Trinajstić information content (AvgIpc) is 2.37. The summed E-state index contributed by atoms with van der Waals surface area (Å²) in [5, 5.41) is 15.5. The van der Waals surface area contributed by atoms with Gasteiger partial charge in [0.15, 0.2) is 0 Å². The fourth-order valence-corrected chi connectivity index (χ4v) is 3.58. The van der Waals surface area contributed by atoms with Crippen molar-refractivity contribution in [3.05, 3.63) is 0 Å². The second kappa shape index (κ2) is 6.12. The van der Waals surface area contributed by atoms with Gasteiger partial charge < -0.3 is 15.7 Å². The summed E-state index contributed by atoms with van der Waals surface area (Å²) in [5.74, 6) is -0.760. The molecule has 1 saturated carbocycles. The van der Waals surface area contributed by atoms with Crippen molar-refractivity contribution in [1.82, 2.24) is 10.6 Å². The van der Waals surface area contributed by atoms with Crippen LogP contribution in [-0.2, 0) is 9.59 Å². The molecule has 0 radical (unpaired) electrons. The Morgan fingerprint density at radius 1 is 1.25 bits per heavy atom.